The summed E-state index contributed by atoms with van der Waals surface area (Å²) in [6.07, 6.45) is 1.42. The summed E-state index contributed by atoms with van der Waals surface area (Å²) < 4.78 is 15.7. The summed E-state index contributed by atoms with van der Waals surface area (Å²) in [5.74, 6) is 0.312. The molecule has 3 rings (SSSR count). The average molecular weight is 439 g/mol. The van der Waals surface area contributed by atoms with Gasteiger partial charge in [-0.3, -0.25) is 14.9 Å². The zero-order valence-corrected chi connectivity index (χ0v) is 18.0. The van der Waals surface area contributed by atoms with Crippen molar-refractivity contribution in [1.82, 2.24) is 5.32 Å². The highest BCUT2D eigenvalue weighted by atomic mass is 32.1. The Labute approximate surface area is 184 Å². The molecule has 0 aliphatic rings. The molecule has 0 fully saturated rings. The molecule has 1 heterocycles. The number of hydrogen-bond donors (Lipinski definition) is 3. The smallest absolute Gasteiger partial charge is 0.291 e. The van der Waals surface area contributed by atoms with Crippen LogP contribution in [0.25, 0.3) is 0 Å². The fourth-order valence-corrected chi connectivity index (χ4v) is 3.11. The van der Waals surface area contributed by atoms with Gasteiger partial charge in [0.2, 0.25) is 0 Å². The van der Waals surface area contributed by atoms with Gasteiger partial charge in [-0.1, -0.05) is 12.1 Å². The van der Waals surface area contributed by atoms with Crippen molar-refractivity contribution in [1.29, 1.82) is 0 Å². The minimum atomic E-state index is -0.417. The van der Waals surface area contributed by atoms with Crippen molar-refractivity contribution in [3.8, 4) is 11.5 Å². The van der Waals surface area contributed by atoms with Gasteiger partial charge in [0.15, 0.2) is 10.9 Å². The highest BCUT2D eigenvalue weighted by Crippen LogP contribution is 2.28. The molecule has 0 atom stereocenters. The Hall–Kier alpha value is -3.85. The van der Waals surface area contributed by atoms with E-state index < -0.39 is 11.8 Å². The van der Waals surface area contributed by atoms with Gasteiger partial charge in [-0.05, 0) is 61.1 Å². The highest BCUT2D eigenvalue weighted by Gasteiger charge is 2.16. The first kappa shape index (κ1) is 21.8. The number of amides is 2. The number of carbonyl (C=O) groups is 2. The normalized spacial score (nSPS) is 10.2. The number of aryl methyl sites for hydroxylation is 1. The molecule has 9 heteroatoms. The molecule has 0 spiro atoms. The van der Waals surface area contributed by atoms with Crippen LogP contribution in [0.1, 0.15) is 26.5 Å². The molecule has 0 aliphatic carbocycles. The van der Waals surface area contributed by atoms with Crippen molar-refractivity contribution < 1.29 is 23.5 Å². The van der Waals surface area contributed by atoms with E-state index in [1.54, 1.807) is 42.5 Å². The van der Waals surface area contributed by atoms with Gasteiger partial charge < -0.3 is 24.5 Å². The predicted octanol–water partition coefficient (Wildman–Crippen LogP) is 3.98. The summed E-state index contributed by atoms with van der Waals surface area (Å²) in [7, 11) is 3.00. The van der Waals surface area contributed by atoms with Crippen molar-refractivity contribution in [3.63, 3.8) is 0 Å². The Balaban J connectivity index is 1.73. The molecule has 2 aromatic carbocycles. The molecule has 160 valence electrons. The lowest BCUT2D eigenvalue weighted by Gasteiger charge is -2.15. The van der Waals surface area contributed by atoms with E-state index in [-0.39, 0.29) is 10.9 Å². The number of carbonyl (C=O) groups excluding carboxylic acids is 2. The second-order valence-electron chi connectivity index (χ2n) is 6.41. The third-order valence-corrected chi connectivity index (χ3v) is 4.54. The van der Waals surface area contributed by atoms with E-state index in [9.17, 15) is 9.59 Å². The van der Waals surface area contributed by atoms with E-state index in [4.69, 9.17) is 26.1 Å². The molecule has 31 heavy (non-hydrogen) atoms. The number of anilines is 2. The lowest BCUT2D eigenvalue weighted by atomic mass is 10.1. The van der Waals surface area contributed by atoms with Crippen LogP contribution in [0.5, 0.6) is 11.5 Å². The van der Waals surface area contributed by atoms with Crippen LogP contribution < -0.4 is 25.4 Å². The molecule has 3 N–H and O–H groups in total. The Kier molecular flexibility index (Phi) is 6.88. The van der Waals surface area contributed by atoms with Gasteiger partial charge in [-0.2, -0.15) is 0 Å². The summed E-state index contributed by atoms with van der Waals surface area (Å²) in [6.45, 7) is 1.85. The lowest BCUT2D eigenvalue weighted by molar-refractivity contribution is 0.0972. The molecule has 0 aliphatic heterocycles. The minimum Gasteiger partial charge on any atom is -0.496 e. The van der Waals surface area contributed by atoms with E-state index in [1.807, 2.05) is 13.0 Å². The summed E-state index contributed by atoms with van der Waals surface area (Å²) >= 11 is 5.29. The van der Waals surface area contributed by atoms with Crippen LogP contribution in [0.4, 0.5) is 11.4 Å². The molecule has 0 saturated carbocycles. The first-order chi connectivity index (χ1) is 14.9. The van der Waals surface area contributed by atoms with Crippen LogP contribution >= 0.6 is 12.2 Å². The molecule has 0 radical (unpaired) electrons. The molecular formula is C22H21N3O5S. The third kappa shape index (κ3) is 5.20. The average Bonchev–Trinajstić information content (AvgIpc) is 3.29. The summed E-state index contributed by atoms with van der Waals surface area (Å²) in [5.41, 5.74) is 2.13. The fraction of sp³-hybridized carbons (Fsp3) is 0.136. The largest absolute Gasteiger partial charge is 0.496 e. The number of methoxy groups -OCH3 is 2. The molecule has 0 saturated heterocycles. The standard InChI is InChI=1S/C22H21N3O5S/c1-13-6-4-7-15(19(13)29-3)20(26)25-22(31)24-16-12-14(9-10-17(16)28-2)23-21(27)18-8-5-11-30-18/h4-12H,1-3H3,(H,23,27)(H2,24,25,26,31). The van der Waals surface area contributed by atoms with Crippen LogP contribution in [0, 0.1) is 6.92 Å². The van der Waals surface area contributed by atoms with Gasteiger partial charge in [-0.25, -0.2) is 0 Å². The van der Waals surface area contributed by atoms with Crippen molar-refractivity contribution >= 4 is 40.5 Å². The first-order valence-corrected chi connectivity index (χ1v) is 9.62. The van der Waals surface area contributed by atoms with E-state index in [1.165, 1.54) is 20.5 Å². The summed E-state index contributed by atoms with van der Waals surface area (Å²) in [4.78, 5) is 24.9. The van der Waals surface area contributed by atoms with Crippen LogP contribution in [0.3, 0.4) is 0 Å². The van der Waals surface area contributed by atoms with Crippen molar-refractivity contribution in [3.05, 3.63) is 71.7 Å². The van der Waals surface area contributed by atoms with Crippen LogP contribution in [0.15, 0.2) is 59.2 Å². The second kappa shape index (κ2) is 9.77. The SMILES string of the molecule is COc1ccc(NC(=O)c2ccco2)cc1NC(=S)NC(=O)c1cccc(C)c1OC. The van der Waals surface area contributed by atoms with E-state index in [2.05, 4.69) is 16.0 Å². The monoisotopic (exact) mass is 439 g/mol. The van der Waals surface area contributed by atoms with Crippen molar-refractivity contribution in [2.24, 2.45) is 0 Å². The van der Waals surface area contributed by atoms with Gasteiger partial charge >= 0.3 is 0 Å². The Morgan fingerprint density at radius 3 is 2.45 bits per heavy atom. The number of ether oxygens (including phenoxy) is 2. The van der Waals surface area contributed by atoms with Crippen LogP contribution in [-0.4, -0.2) is 31.1 Å². The maximum atomic E-state index is 12.7. The minimum absolute atomic E-state index is 0.0568. The van der Waals surface area contributed by atoms with Gasteiger partial charge in [-0.15, -0.1) is 0 Å². The van der Waals surface area contributed by atoms with Crippen LogP contribution in [0.2, 0.25) is 0 Å². The highest BCUT2D eigenvalue weighted by molar-refractivity contribution is 7.80. The number of para-hydroxylation sites is 1. The second-order valence-corrected chi connectivity index (χ2v) is 6.82. The van der Waals surface area contributed by atoms with Gasteiger partial charge in [0.25, 0.3) is 11.8 Å². The van der Waals surface area contributed by atoms with Gasteiger partial charge in [0.1, 0.15) is 11.5 Å². The topological polar surface area (TPSA) is 102 Å². The zero-order chi connectivity index (χ0) is 22.4. The maximum absolute atomic E-state index is 12.7. The number of benzene rings is 2. The molecule has 3 aromatic rings. The Morgan fingerprint density at radius 2 is 1.77 bits per heavy atom. The van der Waals surface area contributed by atoms with Gasteiger partial charge in [0.05, 0.1) is 31.7 Å². The van der Waals surface area contributed by atoms with E-state index >= 15 is 0 Å². The maximum Gasteiger partial charge on any atom is 0.291 e. The molecule has 1 aromatic heterocycles. The number of hydrogen-bond acceptors (Lipinski definition) is 6. The Morgan fingerprint density at radius 1 is 0.968 bits per heavy atom. The predicted molar refractivity (Wildman–Crippen MR) is 121 cm³/mol. The molecule has 0 unspecified atom stereocenters. The summed E-state index contributed by atoms with van der Waals surface area (Å²) in [5, 5.41) is 8.32. The number of thiocarbonyl (C=S) groups is 1. The van der Waals surface area contributed by atoms with E-state index in [0.717, 1.165) is 5.56 Å². The lowest BCUT2D eigenvalue weighted by Crippen LogP contribution is -2.34. The van der Waals surface area contributed by atoms with Crippen molar-refractivity contribution in [2.75, 3.05) is 24.9 Å². The van der Waals surface area contributed by atoms with Crippen LogP contribution in [-0.2, 0) is 0 Å². The fourth-order valence-electron chi connectivity index (χ4n) is 2.91. The number of nitrogens with one attached hydrogen (secondary N) is 3. The van der Waals surface area contributed by atoms with Crippen molar-refractivity contribution in [2.45, 2.75) is 6.92 Å². The third-order valence-electron chi connectivity index (χ3n) is 4.34. The molecule has 2 amide bonds. The first-order valence-electron chi connectivity index (χ1n) is 9.21. The zero-order valence-electron chi connectivity index (χ0n) is 17.1. The Bertz CT molecular complexity index is 1110. The van der Waals surface area contributed by atoms with Gasteiger partial charge in [0, 0.05) is 5.69 Å². The van der Waals surface area contributed by atoms with E-state index in [0.29, 0.717) is 28.4 Å². The molecule has 0 bridgehead atoms. The molecule has 8 nitrogen and oxygen atoms in total. The molecular weight excluding hydrogens is 418 g/mol. The number of furan rings is 1. The summed E-state index contributed by atoms with van der Waals surface area (Å²) in [6, 6.07) is 13.4. The number of rotatable bonds is 6. The quantitative estimate of drug-likeness (QED) is 0.499.